The number of alkyl halides is 1. The first-order valence-corrected chi connectivity index (χ1v) is 4.38. The molecule has 0 N–H and O–H groups in total. The van der Waals surface area contributed by atoms with Crippen LogP contribution in [0.4, 0.5) is 0 Å². The van der Waals surface area contributed by atoms with Crippen LogP contribution in [-0.4, -0.2) is 23.5 Å². The van der Waals surface area contributed by atoms with E-state index in [1.54, 1.807) is 0 Å². The van der Waals surface area contributed by atoms with Crippen LogP contribution < -0.4 is 21.6 Å². The van der Waals surface area contributed by atoms with Crippen LogP contribution in [0.25, 0.3) is 0 Å². The van der Waals surface area contributed by atoms with Crippen LogP contribution in [-0.2, 0) is 8.00 Å². The zero-order valence-electron chi connectivity index (χ0n) is 4.35. The normalized spacial score (nSPS) is 29.4. The Labute approximate surface area is 53.5 Å². The molecular weight excluding hydrogens is 209 g/mol. The van der Waals surface area contributed by atoms with Crippen molar-refractivity contribution in [3.63, 3.8) is 0 Å². The molecule has 0 radical (unpaired) electrons. The molecule has 0 saturated carbocycles. The molecule has 1 saturated heterocycles. The van der Waals surface area contributed by atoms with Crippen LogP contribution in [0.3, 0.4) is 0 Å². The second-order valence-electron chi connectivity index (χ2n) is 1.67. The molecule has 0 spiro atoms. The maximum absolute atomic E-state index is 5.17. The van der Waals surface area contributed by atoms with Crippen molar-refractivity contribution in [3.05, 3.63) is 0 Å². The molecule has 0 aromatic rings. The molecule has 1 heterocycles. The summed E-state index contributed by atoms with van der Waals surface area (Å²) in [4.78, 5) is 5.40. The van der Waals surface area contributed by atoms with E-state index in [1.165, 1.54) is 0 Å². The standard InChI is InChI=1S/C3H8INO2/c1-5(2)6-3-4-7-5/h3H2,1-2H3. The second-order valence-corrected chi connectivity index (χ2v) is 3.31. The van der Waals surface area contributed by atoms with Crippen molar-refractivity contribution >= 4 is 0 Å². The van der Waals surface area contributed by atoms with Gasteiger partial charge in [-0.15, -0.1) is 0 Å². The van der Waals surface area contributed by atoms with Gasteiger partial charge in [0, 0.05) is 0 Å². The number of quaternary nitrogens is 1. The Kier molecular flexibility index (Phi) is 1.52. The SMILES string of the molecule is C[N+]1(C)OC[I-]O1. The van der Waals surface area contributed by atoms with Gasteiger partial charge >= 0.3 is 53.1 Å². The van der Waals surface area contributed by atoms with Gasteiger partial charge in [-0.2, -0.15) is 0 Å². The monoisotopic (exact) mass is 217 g/mol. The zero-order valence-corrected chi connectivity index (χ0v) is 6.51. The van der Waals surface area contributed by atoms with Crippen molar-refractivity contribution in [2.24, 2.45) is 0 Å². The van der Waals surface area contributed by atoms with Crippen LogP contribution in [0.1, 0.15) is 0 Å². The van der Waals surface area contributed by atoms with Crippen molar-refractivity contribution in [2.45, 2.75) is 0 Å². The van der Waals surface area contributed by atoms with E-state index in [4.69, 9.17) is 8.00 Å². The Hall–Kier alpha value is 0.610. The first-order chi connectivity index (χ1) is 3.21. The fourth-order valence-corrected chi connectivity index (χ4v) is 1.98. The number of hydrogen-bond acceptors (Lipinski definition) is 2. The third-order valence-corrected chi connectivity index (χ3v) is 2.38. The average Bonchev–Trinajstić information content (AvgIpc) is 1.84. The van der Waals surface area contributed by atoms with E-state index in [0.29, 0.717) is 4.81 Å². The van der Waals surface area contributed by atoms with E-state index in [-0.39, 0.29) is 21.6 Å². The van der Waals surface area contributed by atoms with Crippen molar-refractivity contribution in [3.8, 4) is 0 Å². The molecular formula is C3H8INO2. The van der Waals surface area contributed by atoms with Gasteiger partial charge in [0.25, 0.3) is 0 Å². The van der Waals surface area contributed by atoms with Crippen LogP contribution >= 0.6 is 0 Å². The van der Waals surface area contributed by atoms with Gasteiger partial charge in [0.1, 0.15) is 0 Å². The average molecular weight is 217 g/mol. The molecule has 1 aliphatic heterocycles. The third kappa shape index (κ3) is 1.52. The number of halogens is 1. The molecule has 1 aliphatic rings. The van der Waals surface area contributed by atoms with Gasteiger partial charge in [0.2, 0.25) is 0 Å². The Morgan fingerprint density at radius 1 is 1.57 bits per heavy atom. The molecule has 1 rings (SSSR count). The van der Waals surface area contributed by atoms with E-state index >= 15 is 0 Å². The molecule has 1 fully saturated rings. The van der Waals surface area contributed by atoms with Crippen molar-refractivity contribution in [2.75, 3.05) is 18.7 Å². The van der Waals surface area contributed by atoms with E-state index in [2.05, 4.69) is 0 Å². The zero-order chi connectivity index (χ0) is 5.33. The van der Waals surface area contributed by atoms with Gasteiger partial charge in [0.15, 0.2) is 0 Å². The van der Waals surface area contributed by atoms with Crippen LogP contribution in [0.5, 0.6) is 0 Å². The van der Waals surface area contributed by atoms with E-state index < -0.39 is 0 Å². The molecule has 0 unspecified atom stereocenters. The number of hydrogen-bond donors (Lipinski definition) is 0. The van der Waals surface area contributed by atoms with Crippen molar-refractivity contribution < 1.29 is 34.4 Å². The van der Waals surface area contributed by atoms with Crippen molar-refractivity contribution in [1.82, 2.24) is 0 Å². The number of rotatable bonds is 0. The fraction of sp³-hybridized carbons (Fsp3) is 1.00. The Balaban J connectivity index is 2.40. The summed E-state index contributed by atoms with van der Waals surface area (Å²) in [7, 11) is 3.76. The summed E-state index contributed by atoms with van der Waals surface area (Å²) in [6, 6.07) is 0. The van der Waals surface area contributed by atoms with Crippen molar-refractivity contribution in [1.29, 1.82) is 0 Å². The predicted molar refractivity (Wildman–Crippen MR) is 19.1 cm³/mol. The Bertz CT molecular complexity index is 67.3. The first kappa shape index (κ1) is 5.74. The predicted octanol–water partition coefficient (Wildman–Crippen LogP) is -3.10. The number of hydroxylamine groups is 4. The van der Waals surface area contributed by atoms with Gasteiger partial charge in [-0.3, -0.25) is 0 Å². The minimum atomic E-state index is -0.0975. The van der Waals surface area contributed by atoms with E-state index in [9.17, 15) is 0 Å². The summed E-state index contributed by atoms with van der Waals surface area (Å²) >= 11 is -0.0975. The van der Waals surface area contributed by atoms with E-state index in [0.717, 1.165) is 4.61 Å². The quantitative estimate of drug-likeness (QED) is 0.243. The molecule has 0 aliphatic carbocycles. The summed E-state index contributed by atoms with van der Waals surface area (Å²) in [6.45, 7) is 0. The first-order valence-electron chi connectivity index (χ1n) is 1.97. The molecule has 0 atom stereocenters. The molecule has 7 heavy (non-hydrogen) atoms. The molecule has 3 nitrogen and oxygen atoms in total. The summed E-state index contributed by atoms with van der Waals surface area (Å²) < 4.78 is 5.99. The molecule has 0 bridgehead atoms. The topological polar surface area (TPSA) is 18.5 Å². The van der Waals surface area contributed by atoms with Crippen LogP contribution in [0, 0.1) is 0 Å². The van der Waals surface area contributed by atoms with Crippen LogP contribution in [0.2, 0.25) is 0 Å². The molecule has 44 valence electrons. The Morgan fingerprint density at radius 2 is 2.29 bits per heavy atom. The second kappa shape index (κ2) is 1.85. The molecule has 0 aromatic heterocycles. The van der Waals surface area contributed by atoms with Crippen LogP contribution in [0.15, 0.2) is 0 Å². The van der Waals surface area contributed by atoms with Gasteiger partial charge in [-0.05, 0) is 0 Å². The van der Waals surface area contributed by atoms with Gasteiger partial charge in [-0.25, -0.2) is 0 Å². The van der Waals surface area contributed by atoms with Gasteiger partial charge in [-0.1, -0.05) is 0 Å². The minimum absolute atomic E-state index is 0.0975. The molecule has 0 amide bonds. The Morgan fingerprint density at radius 3 is 2.43 bits per heavy atom. The van der Waals surface area contributed by atoms with Gasteiger partial charge < -0.3 is 0 Å². The maximum atomic E-state index is 5.17. The fourth-order valence-electron chi connectivity index (χ4n) is 0.295. The van der Waals surface area contributed by atoms with E-state index in [1.807, 2.05) is 14.1 Å². The van der Waals surface area contributed by atoms with Gasteiger partial charge in [0.05, 0.1) is 0 Å². The summed E-state index contributed by atoms with van der Waals surface area (Å²) in [5.41, 5.74) is 0. The molecule has 4 heteroatoms. The summed E-state index contributed by atoms with van der Waals surface area (Å²) in [5.74, 6) is 0. The third-order valence-electron chi connectivity index (χ3n) is 0.619. The summed E-state index contributed by atoms with van der Waals surface area (Å²) in [5, 5.41) is 0. The summed E-state index contributed by atoms with van der Waals surface area (Å²) in [6.07, 6.45) is 0. The molecule has 0 aromatic carbocycles. The number of nitrogens with zero attached hydrogens (tertiary/aromatic N) is 1.